The van der Waals surface area contributed by atoms with E-state index in [1.807, 2.05) is 28.8 Å². The lowest BCUT2D eigenvalue weighted by atomic mass is 9.49. The molecular weight excluding hydrogens is 570 g/mol. The number of rotatable bonds is 5. The van der Waals surface area contributed by atoms with E-state index in [-0.39, 0.29) is 29.4 Å². The van der Waals surface area contributed by atoms with Crippen molar-refractivity contribution >= 4 is 28.9 Å². The van der Waals surface area contributed by atoms with Crippen molar-refractivity contribution in [3.8, 4) is 0 Å². The molecule has 10 nitrogen and oxygen atoms in total. The number of ether oxygens (including phenoxy) is 1. The second-order valence-electron chi connectivity index (χ2n) is 15.9. The second-order valence-corrected chi connectivity index (χ2v) is 15.9. The summed E-state index contributed by atoms with van der Waals surface area (Å²) < 4.78 is 7.35. The van der Waals surface area contributed by atoms with Crippen LogP contribution in [0.5, 0.6) is 0 Å². The van der Waals surface area contributed by atoms with E-state index in [0.717, 1.165) is 30.2 Å². The highest BCUT2D eigenvalue weighted by Gasteiger charge is 2.74. The lowest BCUT2D eigenvalue weighted by Crippen LogP contribution is -2.81. The minimum atomic E-state index is -1.11. The highest BCUT2D eigenvalue weighted by atomic mass is 16.6. The van der Waals surface area contributed by atoms with Crippen molar-refractivity contribution in [2.45, 2.75) is 133 Å². The minimum Gasteiger partial charge on any atom is -0.480 e. The third kappa shape index (κ3) is 4.52. The summed E-state index contributed by atoms with van der Waals surface area (Å²) >= 11 is 0. The molecule has 8 atom stereocenters. The molecule has 1 aromatic carbocycles. The number of hydrogen-bond donors (Lipinski definition) is 2. The van der Waals surface area contributed by atoms with E-state index in [9.17, 15) is 19.5 Å². The Bertz CT molecular complexity index is 1570. The highest BCUT2D eigenvalue weighted by molar-refractivity contribution is 5.84. The Kier molecular flexibility index (Phi) is 6.79. The number of carboxylic acids is 1. The molecule has 4 saturated carbocycles. The van der Waals surface area contributed by atoms with E-state index in [1.165, 1.54) is 57.8 Å². The monoisotopic (exact) mass is 617 g/mol. The lowest BCUT2D eigenvalue weighted by molar-refractivity contribution is -0.245. The smallest absolute Gasteiger partial charge is 0.408 e. The molecule has 0 radical (unpaired) electrons. The molecule has 45 heavy (non-hydrogen) atoms. The van der Waals surface area contributed by atoms with Crippen LogP contribution in [0.4, 0.5) is 10.6 Å². The van der Waals surface area contributed by atoms with Crippen LogP contribution in [0.25, 0.3) is 11.0 Å². The molecule has 6 fully saturated rings. The normalized spacial score (nSPS) is 37.4. The van der Waals surface area contributed by atoms with E-state index >= 15 is 0 Å². The van der Waals surface area contributed by atoms with Crippen LogP contribution in [0.15, 0.2) is 29.1 Å². The molecule has 3 heterocycles. The van der Waals surface area contributed by atoms with Gasteiger partial charge in [-0.1, -0.05) is 44.2 Å². The zero-order valence-electron chi connectivity index (χ0n) is 26.8. The summed E-state index contributed by atoms with van der Waals surface area (Å²) in [4.78, 5) is 48.6. The Labute approximate surface area is 264 Å². The Morgan fingerprint density at radius 1 is 0.978 bits per heavy atom. The van der Waals surface area contributed by atoms with Gasteiger partial charge in [-0.2, -0.15) is 0 Å². The van der Waals surface area contributed by atoms with Crippen molar-refractivity contribution in [2.75, 3.05) is 11.4 Å². The van der Waals surface area contributed by atoms with Crippen LogP contribution >= 0.6 is 0 Å². The molecule has 1 spiro atoms. The number of piperidine rings is 1. The fraction of sp³-hybridized carbons (Fsp3) is 0.714. The van der Waals surface area contributed by atoms with Gasteiger partial charge in [-0.15, -0.1) is 0 Å². The first kappa shape index (κ1) is 29.3. The van der Waals surface area contributed by atoms with Crippen molar-refractivity contribution in [1.82, 2.24) is 19.8 Å². The molecule has 8 rings (SSSR count). The number of hydrogen-bond acceptors (Lipinski definition) is 7. The minimum absolute atomic E-state index is 0.0801. The average Bonchev–Trinajstić information content (AvgIpc) is 3.30. The summed E-state index contributed by atoms with van der Waals surface area (Å²) in [5.41, 5.74) is 0.704. The number of benzene rings is 1. The summed E-state index contributed by atoms with van der Waals surface area (Å²) in [5, 5.41) is 12.9. The third-order valence-electron chi connectivity index (χ3n) is 12.3. The Balaban J connectivity index is 1.09. The molecule has 2 N–H and O–H groups in total. The van der Waals surface area contributed by atoms with Gasteiger partial charge in [0, 0.05) is 36.1 Å². The Hall–Kier alpha value is -3.14. The van der Waals surface area contributed by atoms with E-state index in [4.69, 9.17) is 9.72 Å². The predicted molar refractivity (Wildman–Crippen MR) is 170 cm³/mol. The maximum Gasteiger partial charge on any atom is 0.408 e. The number of carbonyl (C=O) groups excluding carboxylic acids is 1. The first-order valence-corrected chi connectivity index (χ1v) is 17.3. The van der Waals surface area contributed by atoms with Gasteiger partial charge in [-0.25, -0.2) is 14.6 Å². The van der Waals surface area contributed by atoms with Gasteiger partial charge >= 0.3 is 12.1 Å². The molecular formula is C35H47N5O5. The molecule has 1 amide bonds. The maximum absolute atomic E-state index is 14.5. The maximum atomic E-state index is 14.5. The topological polar surface area (TPSA) is 117 Å². The number of fused-ring (bicyclic) bond motifs is 3. The summed E-state index contributed by atoms with van der Waals surface area (Å²) in [6.45, 7) is 5.46. The molecule has 6 aliphatic rings. The molecule has 8 unspecified atom stereocenters. The summed E-state index contributed by atoms with van der Waals surface area (Å²) in [6, 6.07) is 7.79. The Morgan fingerprint density at radius 2 is 1.71 bits per heavy atom. The van der Waals surface area contributed by atoms with Crippen LogP contribution in [0.2, 0.25) is 0 Å². The van der Waals surface area contributed by atoms with Gasteiger partial charge < -0.3 is 20.1 Å². The number of alkyl carbamates (subject to hydrolysis) is 1. The molecule has 1 aromatic heterocycles. The van der Waals surface area contributed by atoms with Crippen molar-refractivity contribution in [3.63, 3.8) is 0 Å². The number of nitrogens with one attached hydrogen (secondary N) is 1. The van der Waals surface area contributed by atoms with Crippen molar-refractivity contribution in [3.05, 3.63) is 34.6 Å². The van der Waals surface area contributed by atoms with Crippen molar-refractivity contribution < 1.29 is 19.4 Å². The van der Waals surface area contributed by atoms with Gasteiger partial charge in [-0.3, -0.25) is 14.3 Å². The largest absolute Gasteiger partial charge is 0.480 e. The van der Waals surface area contributed by atoms with E-state index in [1.54, 1.807) is 25.7 Å². The number of carboxylic acid groups (broad SMARTS) is 1. The summed E-state index contributed by atoms with van der Waals surface area (Å²) in [5.74, 6) is 0.810. The number of amides is 1. The number of para-hydroxylation sites is 2. The molecule has 4 aliphatic carbocycles. The van der Waals surface area contributed by atoms with Crippen LogP contribution in [-0.4, -0.2) is 74.0 Å². The van der Waals surface area contributed by atoms with E-state index in [0.29, 0.717) is 23.6 Å². The number of aliphatic carboxylic acids is 1. The zero-order chi connectivity index (χ0) is 31.2. The van der Waals surface area contributed by atoms with E-state index in [2.05, 4.69) is 10.2 Å². The summed E-state index contributed by atoms with van der Waals surface area (Å²) in [6.07, 6.45) is 13.5. The van der Waals surface area contributed by atoms with Crippen molar-refractivity contribution in [1.29, 1.82) is 0 Å². The molecule has 2 aliphatic heterocycles. The van der Waals surface area contributed by atoms with Crippen LogP contribution in [-0.2, 0) is 9.53 Å². The van der Waals surface area contributed by atoms with Gasteiger partial charge in [0.25, 0.3) is 5.56 Å². The molecule has 2 bridgehead atoms. The highest BCUT2D eigenvalue weighted by Crippen LogP contribution is 2.71. The number of anilines is 1. The lowest BCUT2D eigenvalue weighted by Gasteiger charge is -2.74. The van der Waals surface area contributed by atoms with Crippen LogP contribution in [0, 0.1) is 17.3 Å². The zero-order valence-corrected chi connectivity index (χ0v) is 26.8. The average molecular weight is 618 g/mol. The van der Waals surface area contributed by atoms with Crippen LogP contribution in [0.3, 0.4) is 0 Å². The van der Waals surface area contributed by atoms with Crippen LogP contribution < -0.4 is 15.8 Å². The standard InChI is InChI=1S/C35H47N5O5/c1-34(2,3)45-33(44)37-24-19-38(29(24)32(42)43)30-31(41)40(25-12-7-6-11-23(25)36-30)28-18-27-35(28)14-8-13-26(35)39(27)22-16-20-9-4-5-10-21(15-20)17-22/h6-7,11-12,20-22,24,26-29H,4-5,8-10,13-19H2,1-3H3,(H,37,44)(H,42,43). The SMILES string of the molecule is CC(C)(C)OC(=O)NC1CN(c2nc3ccccc3n(C3CC4N(C5CC6CCCCC(C6)C5)C5CCCC543)c2=O)C1C(=O)O. The quantitative estimate of drug-likeness (QED) is 0.477. The molecule has 2 aromatic rings. The number of likely N-dealkylation sites (tertiary alicyclic amines) is 1. The molecule has 10 heteroatoms. The first-order chi connectivity index (χ1) is 21.5. The number of aromatic nitrogens is 2. The van der Waals surface area contributed by atoms with Crippen molar-refractivity contribution in [2.24, 2.45) is 17.3 Å². The van der Waals surface area contributed by atoms with Gasteiger partial charge in [0.15, 0.2) is 11.9 Å². The Morgan fingerprint density at radius 3 is 2.42 bits per heavy atom. The second kappa shape index (κ2) is 10.4. The number of nitrogens with zero attached hydrogens (tertiary/aromatic N) is 4. The molecule has 242 valence electrons. The molecule has 2 saturated heterocycles. The van der Waals surface area contributed by atoms with Gasteiger partial charge in [0.05, 0.1) is 17.1 Å². The summed E-state index contributed by atoms with van der Waals surface area (Å²) in [7, 11) is 0. The van der Waals surface area contributed by atoms with Gasteiger partial charge in [-0.05, 0) is 83.3 Å². The van der Waals surface area contributed by atoms with Gasteiger partial charge in [0.1, 0.15) is 5.60 Å². The number of carbonyl (C=O) groups is 2. The van der Waals surface area contributed by atoms with Crippen LogP contribution in [0.1, 0.15) is 97.4 Å². The predicted octanol–water partition coefficient (Wildman–Crippen LogP) is 5.09. The third-order valence-corrected chi connectivity index (χ3v) is 12.3. The fourth-order valence-electron chi connectivity index (χ4n) is 10.7. The van der Waals surface area contributed by atoms with E-state index < -0.39 is 29.7 Å². The fourth-order valence-corrected chi connectivity index (χ4v) is 10.7. The van der Waals surface area contributed by atoms with Gasteiger partial charge in [0.2, 0.25) is 0 Å². The first-order valence-electron chi connectivity index (χ1n) is 17.3.